The minimum atomic E-state index is 0. The third-order valence-corrected chi connectivity index (χ3v) is 4.43. The highest BCUT2D eigenvalue weighted by Crippen LogP contribution is 2.17. The van der Waals surface area contributed by atoms with Gasteiger partial charge in [-0.15, -0.1) is 24.0 Å². The quantitative estimate of drug-likeness (QED) is 0.399. The molecule has 2 aromatic heterocycles. The van der Waals surface area contributed by atoms with Gasteiger partial charge in [0.25, 0.3) is 0 Å². The maximum atomic E-state index is 12.6. The van der Waals surface area contributed by atoms with Gasteiger partial charge in [0.1, 0.15) is 12.3 Å². The number of carbonyl (C=O) groups is 1. The highest BCUT2D eigenvalue weighted by atomic mass is 127. The first kappa shape index (κ1) is 21.2. The molecular weight excluding hydrogens is 461 g/mol. The van der Waals surface area contributed by atoms with Crippen LogP contribution >= 0.6 is 24.0 Å². The average Bonchev–Trinajstić information content (AvgIpc) is 3.18. The highest BCUT2D eigenvalue weighted by Gasteiger charge is 2.27. The molecule has 0 radical (unpaired) electrons. The van der Waals surface area contributed by atoms with Crippen LogP contribution in [0.25, 0.3) is 0 Å². The topological polar surface area (TPSA) is 91.8 Å². The van der Waals surface area contributed by atoms with Crippen LogP contribution in [0.4, 0.5) is 5.69 Å². The number of nitrogens with zero attached hydrogens (tertiary/aromatic N) is 6. The normalized spacial score (nSPS) is 15.1. The molecule has 0 atom stereocenters. The fourth-order valence-corrected chi connectivity index (χ4v) is 2.98. The van der Waals surface area contributed by atoms with Gasteiger partial charge in [-0.2, -0.15) is 5.10 Å². The minimum Gasteiger partial charge on any atom is -0.361 e. The standard InChI is InChI=1S/C17H25N7O2.HI/c1-5-18-17(19-9-15-12(2)21-26-13(15)3)23-6-7-24(16(25)11-23)14-8-20-22(4)10-14;/h8,10H,5-7,9,11H2,1-4H3,(H,18,19);1H. The molecule has 0 unspecified atom stereocenters. The van der Waals surface area contributed by atoms with Gasteiger partial charge in [0.2, 0.25) is 5.91 Å². The summed E-state index contributed by atoms with van der Waals surface area (Å²) in [6, 6.07) is 0. The molecule has 27 heavy (non-hydrogen) atoms. The number of aryl methyl sites for hydroxylation is 3. The number of hydrogen-bond donors (Lipinski definition) is 1. The van der Waals surface area contributed by atoms with E-state index in [0.29, 0.717) is 19.6 Å². The lowest BCUT2D eigenvalue weighted by molar-refractivity contribution is -0.120. The lowest BCUT2D eigenvalue weighted by Gasteiger charge is -2.35. The van der Waals surface area contributed by atoms with E-state index in [9.17, 15) is 4.79 Å². The van der Waals surface area contributed by atoms with Crippen LogP contribution in [0, 0.1) is 13.8 Å². The molecule has 3 heterocycles. The summed E-state index contributed by atoms with van der Waals surface area (Å²) in [6.07, 6.45) is 3.56. The van der Waals surface area contributed by atoms with Gasteiger partial charge in [-0.3, -0.25) is 9.48 Å². The Morgan fingerprint density at radius 3 is 2.70 bits per heavy atom. The van der Waals surface area contributed by atoms with E-state index in [2.05, 4.69) is 20.6 Å². The summed E-state index contributed by atoms with van der Waals surface area (Å²) >= 11 is 0. The molecule has 1 saturated heterocycles. The van der Waals surface area contributed by atoms with E-state index in [1.54, 1.807) is 15.8 Å². The van der Waals surface area contributed by atoms with E-state index >= 15 is 0 Å². The largest absolute Gasteiger partial charge is 0.361 e. The summed E-state index contributed by atoms with van der Waals surface area (Å²) in [6.45, 7) is 8.59. The number of guanidine groups is 1. The Morgan fingerprint density at radius 1 is 1.37 bits per heavy atom. The summed E-state index contributed by atoms with van der Waals surface area (Å²) in [5.41, 5.74) is 2.66. The van der Waals surface area contributed by atoms with Crippen molar-refractivity contribution in [3.8, 4) is 0 Å². The summed E-state index contributed by atoms with van der Waals surface area (Å²) in [4.78, 5) is 21.0. The summed E-state index contributed by atoms with van der Waals surface area (Å²) in [5.74, 6) is 1.54. The molecule has 1 amide bonds. The number of aliphatic imine (C=N–C) groups is 1. The molecule has 1 aliphatic rings. The van der Waals surface area contributed by atoms with Crippen molar-refractivity contribution in [3.05, 3.63) is 29.4 Å². The first-order valence-electron chi connectivity index (χ1n) is 8.73. The van der Waals surface area contributed by atoms with Crippen molar-refractivity contribution in [1.29, 1.82) is 0 Å². The van der Waals surface area contributed by atoms with Crippen LogP contribution in [0.15, 0.2) is 21.9 Å². The van der Waals surface area contributed by atoms with Crippen molar-refractivity contribution >= 4 is 41.5 Å². The Hall–Kier alpha value is -2.11. The van der Waals surface area contributed by atoms with Crippen molar-refractivity contribution in [2.75, 3.05) is 31.1 Å². The van der Waals surface area contributed by atoms with E-state index in [0.717, 1.165) is 35.2 Å². The Kier molecular flexibility index (Phi) is 7.22. The van der Waals surface area contributed by atoms with Crippen LogP contribution in [0.5, 0.6) is 0 Å². The molecule has 0 aromatic carbocycles. The average molecular weight is 487 g/mol. The van der Waals surface area contributed by atoms with Gasteiger partial charge in [0.15, 0.2) is 5.96 Å². The predicted molar refractivity (Wildman–Crippen MR) is 113 cm³/mol. The van der Waals surface area contributed by atoms with Crippen molar-refractivity contribution in [2.24, 2.45) is 12.0 Å². The Labute approximate surface area is 175 Å². The number of amides is 1. The Bertz CT molecular complexity index is 795. The summed E-state index contributed by atoms with van der Waals surface area (Å²) in [7, 11) is 1.84. The van der Waals surface area contributed by atoms with E-state index in [-0.39, 0.29) is 36.4 Å². The van der Waals surface area contributed by atoms with Gasteiger partial charge in [0, 0.05) is 38.4 Å². The first-order chi connectivity index (χ1) is 12.5. The lowest BCUT2D eigenvalue weighted by atomic mass is 10.2. The second-order valence-electron chi connectivity index (χ2n) is 6.31. The van der Waals surface area contributed by atoms with E-state index in [1.165, 1.54) is 0 Å². The molecule has 0 saturated carbocycles. The first-order valence-corrected chi connectivity index (χ1v) is 8.73. The fraction of sp³-hybridized carbons (Fsp3) is 0.529. The molecular formula is C17H26IN7O2. The van der Waals surface area contributed by atoms with Crippen LogP contribution in [0.3, 0.4) is 0 Å². The van der Waals surface area contributed by atoms with Gasteiger partial charge >= 0.3 is 0 Å². The number of hydrogen-bond acceptors (Lipinski definition) is 5. The van der Waals surface area contributed by atoms with Crippen LogP contribution in [0.2, 0.25) is 0 Å². The number of rotatable bonds is 4. The van der Waals surface area contributed by atoms with Gasteiger partial charge in [-0.25, -0.2) is 4.99 Å². The molecule has 1 fully saturated rings. The van der Waals surface area contributed by atoms with E-state index in [1.807, 2.05) is 38.9 Å². The molecule has 1 aliphatic heterocycles. The number of halogens is 1. The third-order valence-electron chi connectivity index (χ3n) is 4.43. The summed E-state index contributed by atoms with van der Waals surface area (Å²) < 4.78 is 6.89. The molecule has 0 spiro atoms. The number of carbonyl (C=O) groups excluding carboxylic acids is 1. The van der Waals surface area contributed by atoms with Crippen LogP contribution in [-0.4, -0.2) is 57.9 Å². The zero-order valence-corrected chi connectivity index (χ0v) is 18.4. The van der Waals surface area contributed by atoms with E-state index < -0.39 is 0 Å². The maximum absolute atomic E-state index is 12.6. The molecule has 0 aliphatic carbocycles. The molecule has 3 rings (SSSR count). The third kappa shape index (κ3) is 4.79. The number of aromatic nitrogens is 3. The SMILES string of the molecule is CCNC(=NCc1c(C)noc1C)N1CCN(c2cnn(C)c2)C(=O)C1.I. The Morgan fingerprint density at radius 2 is 2.15 bits per heavy atom. The molecule has 1 N–H and O–H groups in total. The van der Waals surface area contributed by atoms with Crippen LogP contribution < -0.4 is 10.2 Å². The minimum absolute atomic E-state index is 0. The zero-order valence-electron chi connectivity index (χ0n) is 16.1. The maximum Gasteiger partial charge on any atom is 0.246 e. The number of nitrogens with one attached hydrogen (secondary N) is 1. The van der Waals surface area contributed by atoms with E-state index in [4.69, 9.17) is 4.52 Å². The van der Waals surface area contributed by atoms with Crippen LogP contribution in [-0.2, 0) is 18.4 Å². The smallest absolute Gasteiger partial charge is 0.246 e. The van der Waals surface area contributed by atoms with Gasteiger partial charge in [0.05, 0.1) is 24.1 Å². The van der Waals surface area contributed by atoms with Crippen molar-refractivity contribution in [2.45, 2.75) is 27.3 Å². The van der Waals surface area contributed by atoms with Gasteiger partial charge in [-0.05, 0) is 20.8 Å². The number of piperazine rings is 1. The monoisotopic (exact) mass is 487 g/mol. The van der Waals surface area contributed by atoms with Gasteiger partial charge in [-0.1, -0.05) is 5.16 Å². The van der Waals surface area contributed by atoms with Crippen molar-refractivity contribution in [3.63, 3.8) is 0 Å². The van der Waals surface area contributed by atoms with Crippen molar-refractivity contribution < 1.29 is 9.32 Å². The molecule has 148 valence electrons. The summed E-state index contributed by atoms with van der Waals surface area (Å²) in [5, 5.41) is 11.4. The highest BCUT2D eigenvalue weighted by molar-refractivity contribution is 14.0. The number of anilines is 1. The van der Waals surface area contributed by atoms with Gasteiger partial charge < -0.3 is 19.6 Å². The van der Waals surface area contributed by atoms with Crippen LogP contribution in [0.1, 0.15) is 23.9 Å². The molecule has 10 heteroatoms. The fourth-order valence-electron chi connectivity index (χ4n) is 2.98. The van der Waals surface area contributed by atoms with Crippen molar-refractivity contribution in [1.82, 2.24) is 25.2 Å². The second kappa shape index (κ2) is 9.20. The predicted octanol–water partition coefficient (Wildman–Crippen LogP) is 1.46. The zero-order chi connectivity index (χ0) is 18.7. The molecule has 2 aromatic rings. The Balaban J connectivity index is 0.00000261. The molecule has 9 nitrogen and oxygen atoms in total. The second-order valence-corrected chi connectivity index (χ2v) is 6.31. The molecule has 0 bridgehead atoms. The lowest BCUT2D eigenvalue weighted by Crippen LogP contribution is -2.55.